The molecule has 0 aromatic heterocycles. The Hall–Kier alpha value is -1.80. The molecule has 0 aliphatic rings. The van der Waals surface area contributed by atoms with Gasteiger partial charge in [-0.2, -0.15) is 0 Å². The van der Waals surface area contributed by atoms with E-state index < -0.39 is 0 Å². The normalized spacial score (nSPS) is 10.4. The van der Waals surface area contributed by atoms with Gasteiger partial charge in [0.2, 0.25) is 0 Å². The smallest absolute Gasteiger partial charge is 0.135 e. The first-order valence-corrected chi connectivity index (χ1v) is 7.05. The van der Waals surface area contributed by atoms with Crippen molar-refractivity contribution in [3.63, 3.8) is 0 Å². The van der Waals surface area contributed by atoms with E-state index in [1.165, 1.54) is 10.8 Å². The van der Waals surface area contributed by atoms with E-state index in [4.69, 9.17) is 4.74 Å². The molecule has 2 heteroatoms. The minimum Gasteiger partial charge on any atom is -0.456 e. The average molecular weight is 293 g/mol. The van der Waals surface area contributed by atoms with Crippen molar-refractivity contribution in [2.24, 2.45) is 0 Å². The third-order valence-electron chi connectivity index (χ3n) is 3.72. The van der Waals surface area contributed by atoms with E-state index in [1.54, 1.807) is 0 Å². The van der Waals surface area contributed by atoms with Crippen LogP contribution in [-0.4, -0.2) is 29.6 Å². The van der Waals surface area contributed by atoms with Gasteiger partial charge in [-0.3, -0.25) is 0 Å². The zero-order chi connectivity index (χ0) is 14.1. The van der Waals surface area contributed by atoms with Crippen molar-refractivity contribution in [1.82, 2.24) is 0 Å². The summed E-state index contributed by atoms with van der Waals surface area (Å²) < 4.78 is 6.20. The van der Waals surface area contributed by atoms with Gasteiger partial charge in [0, 0.05) is 40.3 Å². The van der Waals surface area contributed by atoms with Crippen LogP contribution in [0.2, 0.25) is 0 Å². The Bertz CT molecular complexity index is 843. The van der Waals surface area contributed by atoms with E-state index in [0.717, 1.165) is 22.3 Å². The van der Waals surface area contributed by atoms with Crippen LogP contribution in [-0.2, 0) is 0 Å². The van der Waals surface area contributed by atoms with Crippen molar-refractivity contribution < 1.29 is 4.74 Å². The first kappa shape index (κ1) is 15.1. The van der Waals surface area contributed by atoms with Crippen LogP contribution >= 0.6 is 0 Å². The van der Waals surface area contributed by atoms with Gasteiger partial charge in [0.1, 0.15) is 11.5 Å². The molecule has 1 nitrogen and oxygen atoms in total. The fourth-order valence-electron chi connectivity index (χ4n) is 2.69. The van der Waals surface area contributed by atoms with Gasteiger partial charge in [-0.05, 0) is 22.9 Å². The van der Waals surface area contributed by atoms with Crippen molar-refractivity contribution in [2.75, 3.05) is 0 Å². The number of rotatable bonds is 2. The zero-order valence-corrected chi connectivity index (χ0v) is 14.5. The van der Waals surface area contributed by atoms with E-state index in [1.807, 2.05) is 48.5 Å². The second kappa shape index (κ2) is 6.53. The maximum absolute atomic E-state index is 6.20. The number of benzene rings is 4. The van der Waals surface area contributed by atoms with Gasteiger partial charge in [0.05, 0.1) is 0 Å². The molecule has 0 fully saturated rings. The maximum Gasteiger partial charge on any atom is 0.135 e. The minimum absolute atomic E-state index is 0. The third-order valence-corrected chi connectivity index (χ3v) is 3.72. The molecule has 0 saturated carbocycles. The van der Waals surface area contributed by atoms with Crippen LogP contribution in [0.5, 0.6) is 11.5 Å². The Kier molecular flexibility index (Phi) is 4.49. The molecule has 0 spiro atoms. The predicted molar refractivity (Wildman–Crippen MR) is 93.7 cm³/mol. The van der Waals surface area contributed by atoms with E-state index in [0.29, 0.717) is 0 Å². The molecular weight excluding hydrogens is 279 g/mol. The van der Waals surface area contributed by atoms with Crippen LogP contribution in [0.3, 0.4) is 0 Å². The zero-order valence-electron chi connectivity index (χ0n) is 12.5. The molecule has 0 atom stereocenters. The summed E-state index contributed by atoms with van der Waals surface area (Å²) in [6, 6.07) is 28.9. The Labute approximate surface area is 151 Å². The molecule has 4 aromatic rings. The summed E-state index contributed by atoms with van der Waals surface area (Å²) >= 11 is 0. The van der Waals surface area contributed by atoms with E-state index in [9.17, 15) is 0 Å². The Morgan fingerprint density at radius 1 is 0.455 bits per heavy atom. The fourth-order valence-corrected chi connectivity index (χ4v) is 2.69. The van der Waals surface area contributed by atoms with Crippen molar-refractivity contribution >= 4 is 51.1 Å². The molecule has 0 bridgehead atoms. The standard InChI is InChI=1S/C20H14O.Na/c1-3-11-17-15(7-1)9-5-13-19(17)21-20-14-6-10-16-8-2-4-12-18(16)20;/h1-14H;. The molecule has 0 aliphatic carbocycles. The molecule has 0 amide bonds. The van der Waals surface area contributed by atoms with E-state index in [-0.39, 0.29) is 29.6 Å². The SMILES string of the molecule is [Na].c1ccc2c(Oc3cccc4ccccc34)cccc2c1. The molecule has 4 aromatic carbocycles. The van der Waals surface area contributed by atoms with Gasteiger partial charge in [-0.25, -0.2) is 0 Å². The quantitative estimate of drug-likeness (QED) is 0.449. The van der Waals surface area contributed by atoms with Crippen molar-refractivity contribution in [1.29, 1.82) is 0 Å². The van der Waals surface area contributed by atoms with Crippen LogP contribution in [0.1, 0.15) is 0 Å². The Morgan fingerprint density at radius 2 is 0.864 bits per heavy atom. The van der Waals surface area contributed by atoms with Crippen molar-refractivity contribution in [2.45, 2.75) is 0 Å². The number of ether oxygens (including phenoxy) is 1. The molecule has 0 heterocycles. The second-order valence-electron chi connectivity index (χ2n) is 5.06. The molecule has 4 rings (SSSR count). The molecule has 22 heavy (non-hydrogen) atoms. The maximum atomic E-state index is 6.20. The molecular formula is C20H14NaO. The summed E-state index contributed by atoms with van der Waals surface area (Å²) in [7, 11) is 0. The second-order valence-corrected chi connectivity index (χ2v) is 5.06. The Morgan fingerprint density at radius 3 is 1.36 bits per heavy atom. The first-order valence-electron chi connectivity index (χ1n) is 7.05. The van der Waals surface area contributed by atoms with Crippen LogP contribution < -0.4 is 4.74 Å². The predicted octanol–water partition coefficient (Wildman–Crippen LogP) is 5.40. The van der Waals surface area contributed by atoms with Gasteiger partial charge < -0.3 is 4.74 Å². The van der Waals surface area contributed by atoms with Crippen molar-refractivity contribution in [3.8, 4) is 11.5 Å². The average Bonchev–Trinajstić information content (AvgIpc) is 2.56. The van der Waals surface area contributed by atoms with Gasteiger partial charge in [-0.15, -0.1) is 0 Å². The van der Waals surface area contributed by atoms with E-state index in [2.05, 4.69) is 36.4 Å². The van der Waals surface area contributed by atoms with Gasteiger partial charge in [0.25, 0.3) is 0 Å². The van der Waals surface area contributed by atoms with Gasteiger partial charge in [0.15, 0.2) is 0 Å². The van der Waals surface area contributed by atoms with Gasteiger partial charge in [-0.1, -0.05) is 72.8 Å². The first-order chi connectivity index (χ1) is 10.4. The largest absolute Gasteiger partial charge is 0.456 e. The monoisotopic (exact) mass is 293 g/mol. The number of hydrogen-bond acceptors (Lipinski definition) is 1. The fraction of sp³-hybridized carbons (Fsp3) is 0. The molecule has 0 aliphatic heterocycles. The number of hydrogen-bond donors (Lipinski definition) is 0. The minimum atomic E-state index is 0. The van der Waals surface area contributed by atoms with Gasteiger partial charge >= 0.3 is 0 Å². The van der Waals surface area contributed by atoms with Crippen LogP contribution in [0.15, 0.2) is 84.9 Å². The topological polar surface area (TPSA) is 9.23 Å². The summed E-state index contributed by atoms with van der Waals surface area (Å²) in [5.41, 5.74) is 0. The third kappa shape index (κ3) is 2.76. The van der Waals surface area contributed by atoms with E-state index >= 15 is 0 Å². The summed E-state index contributed by atoms with van der Waals surface area (Å²) in [6.07, 6.45) is 0. The summed E-state index contributed by atoms with van der Waals surface area (Å²) in [5.74, 6) is 1.79. The molecule has 101 valence electrons. The molecule has 0 saturated heterocycles. The molecule has 0 unspecified atom stereocenters. The van der Waals surface area contributed by atoms with Crippen LogP contribution in [0.4, 0.5) is 0 Å². The number of fused-ring (bicyclic) bond motifs is 2. The molecule has 0 N–H and O–H groups in total. The summed E-state index contributed by atoms with van der Waals surface area (Å²) in [6.45, 7) is 0. The molecule has 1 radical (unpaired) electrons. The van der Waals surface area contributed by atoms with Crippen LogP contribution in [0, 0.1) is 0 Å². The van der Waals surface area contributed by atoms with Crippen LogP contribution in [0.25, 0.3) is 21.5 Å². The summed E-state index contributed by atoms with van der Waals surface area (Å²) in [5, 5.41) is 4.64. The Balaban J connectivity index is 0.00000144. The van der Waals surface area contributed by atoms with Crippen molar-refractivity contribution in [3.05, 3.63) is 84.9 Å². The summed E-state index contributed by atoms with van der Waals surface area (Å²) in [4.78, 5) is 0.